The molecule has 0 aliphatic carbocycles. The highest BCUT2D eigenvalue weighted by Gasteiger charge is 2.19. The summed E-state index contributed by atoms with van der Waals surface area (Å²) in [5.41, 5.74) is 2.88. The van der Waals surface area contributed by atoms with E-state index < -0.39 is 5.97 Å². The van der Waals surface area contributed by atoms with Crippen LogP contribution in [0, 0.1) is 6.92 Å². The van der Waals surface area contributed by atoms with Crippen LogP contribution in [0.3, 0.4) is 0 Å². The lowest BCUT2D eigenvalue weighted by Gasteiger charge is -2.15. The minimum Gasteiger partial charge on any atom is -0.508 e. The number of rotatable bonds is 4. The zero-order valence-corrected chi connectivity index (χ0v) is 14.3. The number of phenols is 1. The average molecular weight is 337 g/mol. The predicted octanol–water partition coefficient (Wildman–Crippen LogP) is 3.95. The van der Waals surface area contributed by atoms with Crippen LogP contribution in [0.15, 0.2) is 42.6 Å². The molecular weight excluding hydrogens is 318 g/mol. The van der Waals surface area contributed by atoms with Gasteiger partial charge in [-0.2, -0.15) is 0 Å². The number of benzene rings is 1. The first-order valence-corrected chi connectivity index (χ1v) is 7.97. The summed E-state index contributed by atoms with van der Waals surface area (Å²) in [6.45, 7) is 5.46. The molecule has 3 aromatic rings. The Hall–Kier alpha value is -3.15. The number of hydrogen-bond acceptors (Lipinski definition) is 6. The number of aromatic hydroxyl groups is 1. The number of aryl methyl sites for hydroxylation is 1. The lowest BCUT2D eigenvalue weighted by molar-refractivity contribution is 0.0379. The van der Waals surface area contributed by atoms with Crippen LogP contribution in [-0.4, -0.2) is 27.1 Å². The number of ether oxygens (including phenoxy) is 1. The van der Waals surface area contributed by atoms with E-state index in [1.165, 1.54) is 6.20 Å². The topological polar surface area (TPSA) is 84.3 Å². The van der Waals surface area contributed by atoms with Crippen LogP contribution in [0.5, 0.6) is 5.75 Å². The minimum absolute atomic E-state index is 0.128. The normalized spacial score (nSPS) is 10.9. The molecule has 0 spiro atoms. The number of pyridine rings is 2. The van der Waals surface area contributed by atoms with Crippen LogP contribution in [0.1, 0.15) is 29.9 Å². The molecule has 0 fully saturated rings. The van der Waals surface area contributed by atoms with Crippen LogP contribution < -0.4 is 5.32 Å². The smallest absolute Gasteiger partial charge is 0.342 e. The summed E-state index contributed by atoms with van der Waals surface area (Å²) in [6.07, 6.45) is 1.22. The Morgan fingerprint density at radius 1 is 1.24 bits per heavy atom. The highest BCUT2D eigenvalue weighted by atomic mass is 16.5. The first-order chi connectivity index (χ1) is 11.9. The van der Waals surface area contributed by atoms with E-state index in [0.29, 0.717) is 28.0 Å². The van der Waals surface area contributed by atoms with Gasteiger partial charge in [-0.15, -0.1) is 0 Å². The molecule has 3 rings (SSSR count). The zero-order valence-electron chi connectivity index (χ0n) is 14.3. The Morgan fingerprint density at radius 3 is 2.76 bits per heavy atom. The number of aromatic nitrogens is 2. The molecule has 0 saturated heterocycles. The van der Waals surface area contributed by atoms with E-state index in [2.05, 4.69) is 15.3 Å². The summed E-state index contributed by atoms with van der Waals surface area (Å²) < 4.78 is 5.32. The van der Waals surface area contributed by atoms with Crippen molar-refractivity contribution in [3.05, 3.63) is 53.9 Å². The molecule has 0 unspecified atom stereocenters. The van der Waals surface area contributed by atoms with Crippen LogP contribution in [0.4, 0.5) is 11.4 Å². The largest absolute Gasteiger partial charge is 0.508 e. The molecule has 128 valence electrons. The van der Waals surface area contributed by atoms with Crippen molar-refractivity contribution in [2.75, 3.05) is 5.32 Å². The van der Waals surface area contributed by atoms with Gasteiger partial charge in [-0.1, -0.05) is 6.07 Å². The fourth-order valence-electron chi connectivity index (χ4n) is 2.47. The van der Waals surface area contributed by atoms with Crippen LogP contribution in [-0.2, 0) is 4.74 Å². The number of phenolic OH excluding ortho intramolecular Hbond substituents is 1. The minimum atomic E-state index is -0.465. The van der Waals surface area contributed by atoms with Crippen molar-refractivity contribution in [2.45, 2.75) is 26.9 Å². The Balaban J connectivity index is 2.14. The quantitative estimate of drug-likeness (QED) is 0.701. The summed E-state index contributed by atoms with van der Waals surface area (Å²) in [4.78, 5) is 21.2. The van der Waals surface area contributed by atoms with E-state index in [4.69, 9.17) is 4.74 Å². The molecule has 0 amide bonds. The zero-order chi connectivity index (χ0) is 18.0. The fraction of sp³-hybridized carbons (Fsp3) is 0.211. The van der Waals surface area contributed by atoms with Gasteiger partial charge in [0.2, 0.25) is 0 Å². The Bertz CT molecular complexity index is 938. The van der Waals surface area contributed by atoms with Gasteiger partial charge >= 0.3 is 5.97 Å². The van der Waals surface area contributed by atoms with Crippen molar-refractivity contribution in [3.63, 3.8) is 0 Å². The average Bonchev–Trinajstić information content (AvgIpc) is 2.54. The molecule has 2 aromatic heterocycles. The predicted molar refractivity (Wildman–Crippen MR) is 96.2 cm³/mol. The molecule has 2 heterocycles. The summed E-state index contributed by atoms with van der Waals surface area (Å²) >= 11 is 0. The lowest BCUT2D eigenvalue weighted by atomic mass is 10.1. The van der Waals surface area contributed by atoms with E-state index in [9.17, 15) is 9.90 Å². The van der Waals surface area contributed by atoms with Gasteiger partial charge in [0.25, 0.3) is 0 Å². The van der Waals surface area contributed by atoms with Gasteiger partial charge in [-0.05, 0) is 45.0 Å². The van der Waals surface area contributed by atoms with E-state index in [-0.39, 0.29) is 11.9 Å². The summed E-state index contributed by atoms with van der Waals surface area (Å²) in [5, 5.41) is 13.6. The molecule has 2 N–H and O–H groups in total. The van der Waals surface area contributed by atoms with Gasteiger partial charge in [0.1, 0.15) is 11.3 Å². The van der Waals surface area contributed by atoms with Gasteiger partial charge < -0.3 is 15.2 Å². The molecule has 25 heavy (non-hydrogen) atoms. The van der Waals surface area contributed by atoms with Crippen molar-refractivity contribution >= 4 is 28.4 Å². The maximum absolute atomic E-state index is 12.5. The van der Waals surface area contributed by atoms with Gasteiger partial charge in [0.15, 0.2) is 5.65 Å². The van der Waals surface area contributed by atoms with E-state index >= 15 is 0 Å². The Kier molecular flexibility index (Phi) is 4.52. The lowest BCUT2D eigenvalue weighted by Crippen LogP contribution is -2.14. The molecule has 0 aliphatic heterocycles. The van der Waals surface area contributed by atoms with Crippen LogP contribution in [0.2, 0.25) is 0 Å². The molecule has 1 aromatic carbocycles. The van der Waals surface area contributed by atoms with Crippen LogP contribution in [0.25, 0.3) is 11.0 Å². The summed E-state index contributed by atoms with van der Waals surface area (Å²) in [5.74, 6) is -0.337. The summed E-state index contributed by atoms with van der Waals surface area (Å²) in [7, 11) is 0. The summed E-state index contributed by atoms with van der Waals surface area (Å²) in [6, 6.07) is 10.4. The highest BCUT2D eigenvalue weighted by Crippen LogP contribution is 2.30. The SMILES string of the molecule is Cc1ccc2c(Nc3cccc(O)c3)c(C(=O)OC(C)C)cnc2n1. The maximum atomic E-state index is 12.5. The number of carbonyl (C=O) groups is 1. The second-order valence-electron chi connectivity index (χ2n) is 6.00. The molecule has 0 atom stereocenters. The van der Waals surface area contributed by atoms with Gasteiger partial charge in [-0.3, -0.25) is 0 Å². The molecule has 0 saturated carbocycles. The number of anilines is 2. The van der Waals surface area contributed by atoms with Crippen molar-refractivity contribution in [1.29, 1.82) is 0 Å². The number of nitrogens with zero attached hydrogens (tertiary/aromatic N) is 2. The standard InChI is InChI=1S/C19H19N3O3/c1-11(2)25-19(24)16-10-20-18-15(8-7-12(3)21-18)17(16)22-13-5-4-6-14(23)9-13/h4-11,23H,1-3H3,(H,20,21,22). The number of carbonyl (C=O) groups excluding carboxylic acids is 1. The van der Waals surface area contributed by atoms with E-state index in [1.807, 2.05) is 19.1 Å². The highest BCUT2D eigenvalue weighted by molar-refractivity contribution is 6.05. The number of fused-ring (bicyclic) bond motifs is 1. The molecule has 0 bridgehead atoms. The third-order valence-corrected chi connectivity index (χ3v) is 3.55. The van der Waals surface area contributed by atoms with Crippen LogP contribution >= 0.6 is 0 Å². The molecule has 6 nitrogen and oxygen atoms in total. The second-order valence-corrected chi connectivity index (χ2v) is 6.00. The number of esters is 1. The molecule has 0 radical (unpaired) electrons. The fourth-order valence-corrected chi connectivity index (χ4v) is 2.47. The van der Waals surface area contributed by atoms with Gasteiger partial charge in [0.05, 0.1) is 11.8 Å². The van der Waals surface area contributed by atoms with Gasteiger partial charge in [-0.25, -0.2) is 14.8 Å². The molecule has 6 heteroatoms. The van der Waals surface area contributed by atoms with Crippen molar-refractivity contribution < 1.29 is 14.6 Å². The molecule has 0 aliphatic rings. The number of nitrogens with one attached hydrogen (secondary N) is 1. The first kappa shape index (κ1) is 16.7. The maximum Gasteiger partial charge on any atom is 0.342 e. The first-order valence-electron chi connectivity index (χ1n) is 7.97. The van der Waals surface area contributed by atoms with E-state index in [1.54, 1.807) is 38.1 Å². The third-order valence-electron chi connectivity index (χ3n) is 3.55. The second kappa shape index (κ2) is 6.76. The Labute approximate surface area is 145 Å². The van der Waals surface area contributed by atoms with Crippen molar-refractivity contribution in [2.24, 2.45) is 0 Å². The Morgan fingerprint density at radius 2 is 2.04 bits per heavy atom. The van der Waals surface area contributed by atoms with Crippen molar-refractivity contribution in [3.8, 4) is 5.75 Å². The van der Waals surface area contributed by atoms with Crippen molar-refractivity contribution in [1.82, 2.24) is 9.97 Å². The number of hydrogen-bond donors (Lipinski definition) is 2. The van der Waals surface area contributed by atoms with E-state index in [0.717, 1.165) is 5.69 Å². The van der Waals surface area contributed by atoms with Gasteiger partial charge in [0, 0.05) is 29.0 Å². The molecular formula is C19H19N3O3. The third kappa shape index (κ3) is 3.68. The monoisotopic (exact) mass is 337 g/mol.